The molecule has 0 spiro atoms. The van der Waals surface area contributed by atoms with Gasteiger partial charge in [-0.15, -0.1) is 0 Å². The molecule has 0 saturated carbocycles. The summed E-state index contributed by atoms with van der Waals surface area (Å²) < 4.78 is 27.5. The molecule has 2 aromatic carbocycles. The van der Waals surface area contributed by atoms with Crippen molar-refractivity contribution in [2.24, 2.45) is 0 Å². The molecular weight excluding hydrogens is 386 g/mol. The van der Waals surface area contributed by atoms with E-state index < -0.39 is 21.5 Å². The molecule has 2 aromatic rings. The molecule has 0 heterocycles. The highest BCUT2D eigenvalue weighted by atomic mass is 32.2. The predicted octanol–water partition coefficient (Wildman–Crippen LogP) is 4.21. The summed E-state index contributed by atoms with van der Waals surface area (Å²) in [6, 6.07) is 11.8. The average Bonchev–Trinajstić information content (AvgIpc) is 2.60. The van der Waals surface area contributed by atoms with Crippen LogP contribution in [0.4, 0.5) is 0 Å². The summed E-state index contributed by atoms with van der Waals surface area (Å²) in [6.45, 7) is 11.5. The van der Waals surface area contributed by atoms with E-state index in [2.05, 4.69) is 32.4 Å². The first-order valence-electron chi connectivity index (χ1n) is 9.83. The first-order chi connectivity index (χ1) is 13.3. The minimum atomic E-state index is -3.99. The van der Waals surface area contributed by atoms with Crippen molar-refractivity contribution in [1.82, 2.24) is 4.72 Å². The van der Waals surface area contributed by atoms with Crippen molar-refractivity contribution in [3.05, 3.63) is 64.7 Å². The molecule has 0 saturated heterocycles. The molecule has 0 bridgehead atoms. The number of hydrogen-bond donors (Lipinski definition) is 2. The van der Waals surface area contributed by atoms with Crippen molar-refractivity contribution in [1.29, 1.82) is 0 Å². The van der Waals surface area contributed by atoms with E-state index in [0.29, 0.717) is 5.56 Å². The molecule has 6 heteroatoms. The SMILES string of the molecule is CC(C)c1cccc(C(C)C)c1CC(=O)NS(=O)(=O)c1ccc(C(C)(C)O)cc1. The fourth-order valence-electron chi connectivity index (χ4n) is 3.36. The van der Waals surface area contributed by atoms with E-state index in [4.69, 9.17) is 0 Å². The van der Waals surface area contributed by atoms with E-state index in [1.54, 1.807) is 26.0 Å². The monoisotopic (exact) mass is 417 g/mol. The smallest absolute Gasteiger partial charge is 0.264 e. The number of amides is 1. The van der Waals surface area contributed by atoms with Gasteiger partial charge in [-0.1, -0.05) is 58.0 Å². The van der Waals surface area contributed by atoms with Gasteiger partial charge in [0.05, 0.1) is 16.9 Å². The summed E-state index contributed by atoms with van der Waals surface area (Å²) in [5, 5.41) is 10.0. The second-order valence-electron chi connectivity index (χ2n) is 8.51. The molecule has 5 nitrogen and oxygen atoms in total. The number of hydrogen-bond acceptors (Lipinski definition) is 4. The molecule has 29 heavy (non-hydrogen) atoms. The maximum absolute atomic E-state index is 12.6. The van der Waals surface area contributed by atoms with Crippen molar-refractivity contribution in [2.75, 3.05) is 0 Å². The van der Waals surface area contributed by atoms with Crippen LogP contribution in [-0.4, -0.2) is 19.4 Å². The molecule has 0 fully saturated rings. The number of rotatable bonds is 7. The van der Waals surface area contributed by atoms with Crippen molar-refractivity contribution in [3.8, 4) is 0 Å². The lowest BCUT2D eigenvalue weighted by atomic mass is 9.87. The van der Waals surface area contributed by atoms with Gasteiger partial charge >= 0.3 is 0 Å². The third-order valence-electron chi connectivity index (χ3n) is 4.95. The third kappa shape index (κ3) is 5.67. The first kappa shape index (κ1) is 23.1. The van der Waals surface area contributed by atoms with E-state index in [1.807, 2.05) is 18.2 Å². The number of sulfonamides is 1. The molecule has 0 unspecified atom stereocenters. The normalized spacial score (nSPS) is 12.4. The van der Waals surface area contributed by atoms with E-state index in [0.717, 1.165) is 16.7 Å². The Labute approximate surface area is 174 Å². The van der Waals surface area contributed by atoms with Gasteiger partial charge < -0.3 is 5.11 Å². The molecular formula is C23H31NO4S. The van der Waals surface area contributed by atoms with Gasteiger partial charge in [0, 0.05) is 0 Å². The van der Waals surface area contributed by atoms with Crippen molar-refractivity contribution < 1.29 is 18.3 Å². The fourth-order valence-corrected chi connectivity index (χ4v) is 4.34. The van der Waals surface area contributed by atoms with Gasteiger partial charge in [-0.3, -0.25) is 4.79 Å². The lowest BCUT2D eigenvalue weighted by Crippen LogP contribution is -2.32. The number of carbonyl (C=O) groups is 1. The Morgan fingerprint density at radius 1 is 0.966 bits per heavy atom. The minimum Gasteiger partial charge on any atom is -0.386 e. The van der Waals surface area contributed by atoms with Gasteiger partial charge in [-0.05, 0) is 60.1 Å². The molecule has 0 aliphatic heterocycles. The van der Waals surface area contributed by atoms with E-state index in [1.165, 1.54) is 12.1 Å². The van der Waals surface area contributed by atoms with Crippen molar-refractivity contribution >= 4 is 15.9 Å². The van der Waals surface area contributed by atoms with Gasteiger partial charge in [0.25, 0.3) is 10.0 Å². The van der Waals surface area contributed by atoms with Crippen LogP contribution >= 0.6 is 0 Å². The van der Waals surface area contributed by atoms with Crippen LogP contribution < -0.4 is 4.72 Å². The van der Waals surface area contributed by atoms with Crippen LogP contribution in [0.5, 0.6) is 0 Å². The molecule has 0 atom stereocenters. The Kier molecular flexibility index (Phi) is 6.91. The fraction of sp³-hybridized carbons (Fsp3) is 0.435. The Morgan fingerprint density at radius 3 is 1.86 bits per heavy atom. The van der Waals surface area contributed by atoms with Gasteiger partial charge in [0.2, 0.25) is 5.91 Å². The first-order valence-corrected chi connectivity index (χ1v) is 11.3. The summed E-state index contributed by atoms with van der Waals surface area (Å²) in [7, 11) is -3.99. The molecule has 1 amide bonds. The lowest BCUT2D eigenvalue weighted by Gasteiger charge is -2.20. The largest absolute Gasteiger partial charge is 0.386 e. The molecule has 0 aliphatic rings. The quantitative estimate of drug-likeness (QED) is 0.707. The molecule has 0 radical (unpaired) electrons. The number of nitrogens with one attached hydrogen (secondary N) is 1. The Bertz CT molecular complexity index is 943. The summed E-state index contributed by atoms with van der Waals surface area (Å²) in [5.74, 6) is -0.114. The van der Waals surface area contributed by atoms with Gasteiger partial charge in [0.15, 0.2) is 0 Å². The van der Waals surface area contributed by atoms with Gasteiger partial charge in [0.1, 0.15) is 0 Å². The highest BCUT2D eigenvalue weighted by Crippen LogP contribution is 2.28. The van der Waals surface area contributed by atoms with E-state index in [9.17, 15) is 18.3 Å². The van der Waals surface area contributed by atoms with Crippen LogP contribution in [0.3, 0.4) is 0 Å². The second kappa shape index (κ2) is 8.67. The van der Waals surface area contributed by atoms with Crippen molar-refractivity contribution in [3.63, 3.8) is 0 Å². The van der Waals surface area contributed by atoms with Crippen LogP contribution in [0, 0.1) is 0 Å². The van der Waals surface area contributed by atoms with Crippen LogP contribution in [0.15, 0.2) is 47.4 Å². The van der Waals surface area contributed by atoms with E-state index >= 15 is 0 Å². The van der Waals surface area contributed by atoms with Crippen LogP contribution in [0.2, 0.25) is 0 Å². The summed E-state index contributed by atoms with van der Waals surface area (Å²) in [4.78, 5) is 12.6. The Hall–Kier alpha value is -2.18. The zero-order valence-corrected chi connectivity index (χ0v) is 18.8. The standard InChI is InChI=1S/C23H31NO4S/c1-15(2)19-8-7-9-20(16(3)4)21(19)14-22(25)24-29(27,28)18-12-10-17(11-13-18)23(5,6)26/h7-13,15-16,26H,14H2,1-6H3,(H,24,25). The zero-order valence-electron chi connectivity index (χ0n) is 18.0. The molecule has 2 N–H and O–H groups in total. The van der Waals surface area contributed by atoms with Crippen LogP contribution in [0.25, 0.3) is 0 Å². The maximum Gasteiger partial charge on any atom is 0.264 e. The maximum atomic E-state index is 12.6. The highest BCUT2D eigenvalue weighted by molar-refractivity contribution is 7.90. The number of carbonyl (C=O) groups excluding carboxylic acids is 1. The number of aliphatic hydroxyl groups is 1. The second-order valence-corrected chi connectivity index (χ2v) is 10.2. The molecule has 2 rings (SSSR count). The average molecular weight is 418 g/mol. The summed E-state index contributed by atoms with van der Waals surface area (Å²) >= 11 is 0. The molecule has 0 aromatic heterocycles. The lowest BCUT2D eigenvalue weighted by molar-refractivity contribution is -0.118. The van der Waals surface area contributed by atoms with Gasteiger partial charge in [-0.25, -0.2) is 13.1 Å². The third-order valence-corrected chi connectivity index (χ3v) is 6.34. The van der Waals surface area contributed by atoms with Crippen LogP contribution in [-0.2, 0) is 26.8 Å². The Morgan fingerprint density at radius 2 is 1.45 bits per heavy atom. The highest BCUT2D eigenvalue weighted by Gasteiger charge is 2.22. The van der Waals surface area contributed by atoms with Crippen molar-refractivity contribution in [2.45, 2.75) is 70.3 Å². The van der Waals surface area contributed by atoms with Crippen LogP contribution in [0.1, 0.15) is 75.6 Å². The predicted molar refractivity (Wildman–Crippen MR) is 115 cm³/mol. The molecule has 0 aliphatic carbocycles. The molecule has 158 valence electrons. The Balaban J connectivity index is 2.27. The number of benzene rings is 2. The van der Waals surface area contributed by atoms with Gasteiger partial charge in [-0.2, -0.15) is 0 Å². The summed E-state index contributed by atoms with van der Waals surface area (Å²) in [5.41, 5.74) is 2.52. The minimum absolute atomic E-state index is 0.00283. The van der Waals surface area contributed by atoms with E-state index in [-0.39, 0.29) is 23.2 Å². The summed E-state index contributed by atoms with van der Waals surface area (Å²) in [6.07, 6.45) is 0.00283. The topological polar surface area (TPSA) is 83.5 Å². The zero-order chi connectivity index (χ0) is 22.0.